The van der Waals surface area contributed by atoms with E-state index in [-0.39, 0.29) is 11.0 Å². The largest absolute Gasteiger partial charge is 0.301 e. The number of nitrogens with one attached hydrogen (secondary N) is 1. The Morgan fingerprint density at radius 2 is 2.08 bits per heavy atom. The number of carbonyl (C=O) groups is 2. The van der Waals surface area contributed by atoms with Gasteiger partial charge in [-0.3, -0.25) is 9.59 Å². The van der Waals surface area contributed by atoms with Gasteiger partial charge in [-0.15, -0.1) is 10.2 Å². The third-order valence-electron chi connectivity index (χ3n) is 0.920. The summed E-state index contributed by atoms with van der Waals surface area (Å²) in [6.07, 6.45) is 0. The Balaban J connectivity index is 2.63. The molecule has 0 bridgehead atoms. The summed E-state index contributed by atoms with van der Waals surface area (Å²) >= 11 is 2.18. The standard InChI is InChI=1S/C6H7N3O2S2/c1-3(10)7-5-8-9-6(13-5)12-4(2)11/h1-2H3,(H,7,8,10). The molecule has 0 unspecified atom stereocenters. The van der Waals surface area contributed by atoms with E-state index in [0.717, 1.165) is 11.8 Å². The lowest BCUT2D eigenvalue weighted by Crippen LogP contribution is -2.04. The molecule has 13 heavy (non-hydrogen) atoms. The Hall–Kier alpha value is -0.950. The number of nitrogens with zero attached hydrogens (tertiary/aromatic N) is 2. The van der Waals surface area contributed by atoms with Gasteiger partial charge in [0, 0.05) is 13.8 Å². The van der Waals surface area contributed by atoms with Gasteiger partial charge in [0.25, 0.3) is 0 Å². The summed E-state index contributed by atoms with van der Waals surface area (Å²) in [5.74, 6) is -0.199. The minimum absolute atomic E-state index is 0.0504. The van der Waals surface area contributed by atoms with Crippen LogP contribution in [0.1, 0.15) is 13.8 Å². The molecule has 0 aliphatic rings. The predicted molar refractivity (Wildman–Crippen MR) is 50.8 cm³/mol. The fourth-order valence-corrected chi connectivity index (χ4v) is 2.18. The zero-order valence-corrected chi connectivity index (χ0v) is 8.66. The van der Waals surface area contributed by atoms with Crippen LogP contribution in [-0.4, -0.2) is 21.2 Å². The summed E-state index contributed by atoms with van der Waals surface area (Å²) in [7, 11) is 0. The zero-order valence-electron chi connectivity index (χ0n) is 7.03. The summed E-state index contributed by atoms with van der Waals surface area (Å²) in [6.45, 7) is 2.84. The molecule has 0 fully saturated rings. The lowest BCUT2D eigenvalue weighted by atomic mass is 10.7. The Kier molecular flexibility index (Phi) is 3.38. The molecule has 1 amide bonds. The monoisotopic (exact) mass is 217 g/mol. The van der Waals surface area contributed by atoms with Gasteiger partial charge < -0.3 is 5.32 Å². The van der Waals surface area contributed by atoms with Gasteiger partial charge in [-0.1, -0.05) is 11.3 Å². The van der Waals surface area contributed by atoms with Crippen molar-refractivity contribution in [1.82, 2.24) is 10.2 Å². The van der Waals surface area contributed by atoms with Crippen LogP contribution >= 0.6 is 23.1 Å². The van der Waals surface area contributed by atoms with E-state index in [2.05, 4.69) is 15.5 Å². The number of anilines is 1. The van der Waals surface area contributed by atoms with Crippen molar-refractivity contribution in [3.05, 3.63) is 0 Å². The highest BCUT2D eigenvalue weighted by Crippen LogP contribution is 2.25. The minimum atomic E-state index is -0.199. The molecule has 7 heteroatoms. The predicted octanol–water partition coefficient (Wildman–Crippen LogP) is 1.14. The van der Waals surface area contributed by atoms with Crippen molar-refractivity contribution < 1.29 is 9.59 Å². The molecular formula is C6H7N3O2S2. The molecule has 0 aliphatic heterocycles. The van der Waals surface area contributed by atoms with Crippen LogP contribution in [0.15, 0.2) is 4.34 Å². The molecule has 0 spiro atoms. The molecule has 0 saturated carbocycles. The molecule has 1 N–H and O–H groups in total. The topological polar surface area (TPSA) is 72.0 Å². The maximum absolute atomic E-state index is 10.7. The third kappa shape index (κ3) is 3.51. The Bertz CT molecular complexity index is 306. The molecule has 1 rings (SSSR count). The highest BCUT2D eigenvalue weighted by molar-refractivity contribution is 8.14. The van der Waals surface area contributed by atoms with Crippen LogP contribution in [0.5, 0.6) is 0 Å². The van der Waals surface area contributed by atoms with Crippen molar-refractivity contribution in [1.29, 1.82) is 0 Å². The van der Waals surface area contributed by atoms with Gasteiger partial charge in [0.1, 0.15) is 0 Å². The summed E-state index contributed by atoms with van der Waals surface area (Å²) in [5, 5.41) is 10.2. The van der Waals surface area contributed by atoms with Crippen molar-refractivity contribution in [3.63, 3.8) is 0 Å². The molecule has 0 radical (unpaired) electrons. The van der Waals surface area contributed by atoms with Crippen molar-refractivity contribution in [2.45, 2.75) is 18.2 Å². The average molecular weight is 217 g/mol. The number of carbonyl (C=O) groups excluding carboxylic acids is 2. The highest BCUT2D eigenvalue weighted by Gasteiger charge is 2.07. The molecule has 0 atom stereocenters. The van der Waals surface area contributed by atoms with E-state index in [4.69, 9.17) is 0 Å². The Morgan fingerprint density at radius 1 is 1.38 bits per heavy atom. The van der Waals surface area contributed by atoms with E-state index in [9.17, 15) is 9.59 Å². The smallest absolute Gasteiger partial charge is 0.223 e. The molecule has 0 aliphatic carbocycles. The Morgan fingerprint density at radius 3 is 2.62 bits per heavy atom. The van der Waals surface area contributed by atoms with Gasteiger partial charge in [0.15, 0.2) is 9.45 Å². The van der Waals surface area contributed by atoms with Crippen LogP contribution < -0.4 is 5.32 Å². The van der Waals surface area contributed by atoms with Crippen LogP contribution in [-0.2, 0) is 9.59 Å². The van der Waals surface area contributed by atoms with Gasteiger partial charge >= 0.3 is 0 Å². The minimum Gasteiger partial charge on any atom is -0.301 e. The van der Waals surface area contributed by atoms with Gasteiger partial charge in [-0.2, -0.15) is 0 Å². The van der Waals surface area contributed by atoms with Gasteiger partial charge in [-0.05, 0) is 11.8 Å². The lowest BCUT2D eigenvalue weighted by Gasteiger charge is -1.90. The van der Waals surface area contributed by atoms with E-state index in [1.165, 1.54) is 25.2 Å². The fraction of sp³-hybridized carbons (Fsp3) is 0.333. The van der Waals surface area contributed by atoms with Crippen molar-refractivity contribution in [2.75, 3.05) is 5.32 Å². The molecule has 0 aromatic carbocycles. The molecule has 1 aromatic heterocycles. The average Bonchev–Trinajstić information content (AvgIpc) is 2.33. The number of hydrogen-bond acceptors (Lipinski definition) is 6. The number of aromatic nitrogens is 2. The SMILES string of the molecule is CC(=O)Nc1nnc(SC(C)=O)s1. The van der Waals surface area contributed by atoms with Crippen LogP contribution in [0.3, 0.4) is 0 Å². The molecule has 70 valence electrons. The molecule has 1 aromatic rings. The van der Waals surface area contributed by atoms with E-state index in [1.54, 1.807) is 0 Å². The molecule has 5 nitrogen and oxygen atoms in total. The number of thioether (sulfide) groups is 1. The first-order valence-electron chi connectivity index (χ1n) is 3.37. The van der Waals surface area contributed by atoms with Crippen molar-refractivity contribution >= 4 is 39.3 Å². The first kappa shape index (κ1) is 10.1. The second-order valence-electron chi connectivity index (χ2n) is 2.15. The van der Waals surface area contributed by atoms with Crippen LogP contribution in [0, 0.1) is 0 Å². The number of hydrogen-bond donors (Lipinski definition) is 1. The second kappa shape index (κ2) is 4.33. The van der Waals surface area contributed by atoms with E-state index in [0.29, 0.717) is 9.47 Å². The molecular weight excluding hydrogens is 210 g/mol. The maximum atomic E-state index is 10.7. The first-order valence-corrected chi connectivity index (χ1v) is 5.00. The van der Waals surface area contributed by atoms with Crippen LogP contribution in [0.4, 0.5) is 5.13 Å². The van der Waals surface area contributed by atoms with E-state index >= 15 is 0 Å². The van der Waals surface area contributed by atoms with Crippen LogP contribution in [0.2, 0.25) is 0 Å². The molecule has 1 heterocycles. The molecule has 0 saturated heterocycles. The van der Waals surface area contributed by atoms with E-state index < -0.39 is 0 Å². The number of rotatable bonds is 2. The van der Waals surface area contributed by atoms with Gasteiger partial charge in [0.2, 0.25) is 11.0 Å². The summed E-state index contributed by atoms with van der Waals surface area (Å²) in [5.41, 5.74) is 0. The Labute approximate surface area is 82.9 Å². The normalized spacial score (nSPS) is 9.69. The maximum Gasteiger partial charge on any atom is 0.223 e. The summed E-state index contributed by atoms with van der Waals surface area (Å²) < 4.78 is 0.538. The zero-order chi connectivity index (χ0) is 9.84. The van der Waals surface area contributed by atoms with Crippen molar-refractivity contribution in [2.24, 2.45) is 0 Å². The summed E-state index contributed by atoms with van der Waals surface area (Å²) in [6, 6.07) is 0. The van der Waals surface area contributed by atoms with Gasteiger partial charge in [-0.25, -0.2) is 0 Å². The van der Waals surface area contributed by atoms with E-state index in [1.807, 2.05) is 0 Å². The fourth-order valence-electron chi connectivity index (χ4n) is 0.575. The quantitative estimate of drug-likeness (QED) is 0.594. The number of amides is 1. The third-order valence-corrected chi connectivity index (χ3v) is 2.60. The highest BCUT2D eigenvalue weighted by atomic mass is 32.2. The van der Waals surface area contributed by atoms with Crippen molar-refractivity contribution in [3.8, 4) is 0 Å². The lowest BCUT2D eigenvalue weighted by molar-refractivity contribution is -0.114. The summed E-state index contributed by atoms with van der Waals surface area (Å²) in [4.78, 5) is 21.3. The van der Waals surface area contributed by atoms with Gasteiger partial charge in [0.05, 0.1) is 0 Å². The first-order chi connectivity index (χ1) is 6.08. The second-order valence-corrected chi connectivity index (χ2v) is 4.55. The van der Waals surface area contributed by atoms with Crippen LogP contribution in [0.25, 0.3) is 0 Å².